The van der Waals surface area contributed by atoms with Gasteiger partial charge in [0.05, 0.1) is 60.7 Å². The van der Waals surface area contributed by atoms with Gasteiger partial charge in [0.1, 0.15) is 5.75 Å². The molecule has 1 aliphatic rings. The molecule has 200 valence electrons. The standard InChI is InChI=1S/C28H36N2O7/c1-16(2)37-20-10-9-18(13-17(20)3)25(31)23-24(30(12-11-29(4)5)28(33)26(23)32)19-14-21(34-6)27(36-8)22(15-19)35-7/h9-10,13-16,24,31H,11-12H2,1-8H3. The van der Waals surface area contributed by atoms with E-state index in [0.29, 0.717) is 40.7 Å². The van der Waals surface area contributed by atoms with Crippen molar-refractivity contribution in [2.75, 3.05) is 48.5 Å². The minimum absolute atomic E-state index is 0.0274. The van der Waals surface area contributed by atoms with E-state index < -0.39 is 23.5 Å². The molecule has 1 atom stereocenters. The number of likely N-dealkylation sites (tertiary alicyclic amines) is 1. The molecule has 2 aromatic carbocycles. The van der Waals surface area contributed by atoms with E-state index in [1.165, 1.54) is 26.2 Å². The number of quaternary nitrogens is 1. The Morgan fingerprint density at radius 1 is 1.00 bits per heavy atom. The highest BCUT2D eigenvalue weighted by atomic mass is 16.5. The quantitative estimate of drug-likeness (QED) is 0.290. The maximum Gasteiger partial charge on any atom is 0.295 e. The van der Waals surface area contributed by atoms with Crippen LogP contribution in [0.25, 0.3) is 5.76 Å². The maximum absolute atomic E-state index is 13.8. The molecule has 3 rings (SSSR count). The highest BCUT2D eigenvalue weighted by Gasteiger charge is 2.45. The fraction of sp³-hybridized carbons (Fsp3) is 0.429. The van der Waals surface area contributed by atoms with E-state index in [1.807, 2.05) is 34.9 Å². The predicted octanol–water partition coefficient (Wildman–Crippen LogP) is 1.18. The number of hydrogen-bond acceptors (Lipinski definition) is 7. The average molecular weight is 513 g/mol. The topological polar surface area (TPSA) is 102 Å². The smallest absolute Gasteiger partial charge is 0.295 e. The van der Waals surface area contributed by atoms with Crippen molar-refractivity contribution in [2.24, 2.45) is 0 Å². The molecule has 1 aliphatic heterocycles. The molecular weight excluding hydrogens is 476 g/mol. The molecule has 1 heterocycles. The Bertz CT molecular complexity index is 1180. The van der Waals surface area contributed by atoms with Crippen molar-refractivity contribution in [3.63, 3.8) is 0 Å². The number of nitrogens with zero attached hydrogens (tertiary/aromatic N) is 1. The van der Waals surface area contributed by atoms with Crippen LogP contribution in [0.4, 0.5) is 0 Å². The number of aryl methyl sites for hydroxylation is 1. The average Bonchev–Trinajstić information content (AvgIpc) is 3.11. The number of nitrogens with one attached hydrogen (secondary N) is 1. The summed E-state index contributed by atoms with van der Waals surface area (Å²) in [6, 6.07) is 7.45. The number of rotatable bonds is 10. The van der Waals surface area contributed by atoms with Gasteiger partial charge in [0.2, 0.25) is 11.5 Å². The Morgan fingerprint density at radius 2 is 1.62 bits per heavy atom. The molecule has 37 heavy (non-hydrogen) atoms. The first-order valence-corrected chi connectivity index (χ1v) is 12.2. The second kappa shape index (κ2) is 11.6. The van der Waals surface area contributed by atoms with Gasteiger partial charge in [-0.25, -0.2) is 0 Å². The normalized spacial score (nSPS) is 17.0. The fourth-order valence-corrected chi connectivity index (χ4v) is 4.38. The first kappa shape index (κ1) is 27.9. The molecular formula is C28H36N2O7. The van der Waals surface area contributed by atoms with Crippen LogP contribution in [0.1, 0.15) is 36.6 Å². The number of carbonyl (C=O) groups excluding carboxylic acids is 2. The van der Waals surface area contributed by atoms with Gasteiger partial charge >= 0.3 is 0 Å². The summed E-state index contributed by atoms with van der Waals surface area (Å²) in [7, 11) is 8.37. The van der Waals surface area contributed by atoms with Gasteiger partial charge in [-0.05, 0) is 61.7 Å². The largest absolute Gasteiger partial charge is 0.872 e. The Labute approximate surface area is 218 Å². The van der Waals surface area contributed by atoms with E-state index >= 15 is 0 Å². The summed E-state index contributed by atoms with van der Waals surface area (Å²) >= 11 is 0. The van der Waals surface area contributed by atoms with Crippen LogP contribution in [0.15, 0.2) is 35.9 Å². The molecule has 9 nitrogen and oxygen atoms in total. The lowest BCUT2D eigenvalue weighted by atomic mass is 9.94. The van der Waals surface area contributed by atoms with E-state index in [0.717, 1.165) is 10.5 Å². The molecule has 0 aliphatic carbocycles. The van der Waals surface area contributed by atoms with Crippen LogP contribution in [0.3, 0.4) is 0 Å². The molecule has 0 aromatic heterocycles. The van der Waals surface area contributed by atoms with E-state index in [2.05, 4.69) is 0 Å². The van der Waals surface area contributed by atoms with Crippen LogP contribution in [-0.4, -0.2) is 71.2 Å². The van der Waals surface area contributed by atoms with E-state index in [4.69, 9.17) is 18.9 Å². The van der Waals surface area contributed by atoms with Crippen LogP contribution in [0, 0.1) is 6.92 Å². The van der Waals surface area contributed by atoms with Crippen molar-refractivity contribution < 1.29 is 38.5 Å². The fourth-order valence-electron chi connectivity index (χ4n) is 4.38. The first-order valence-electron chi connectivity index (χ1n) is 12.2. The number of carbonyl (C=O) groups is 2. The number of Topliss-reactive ketones (excluding diaryl/α,β-unsaturated/α-hetero) is 1. The van der Waals surface area contributed by atoms with Crippen molar-refractivity contribution in [3.05, 3.63) is 52.6 Å². The summed E-state index contributed by atoms with van der Waals surface area (Å²) in [5, 5.41) is 13.8. The van der Waals surface area contributed by atoms with Crippen molar-refractivity contribution in [1.29, 1.82) is 0 Å². The predicted molar refractivity (Wildman–Crippen MR) is 137 cm³/mol. The van der Waals surface area contributed by atoms with Gasteiger partial charge in [0.25, 0.3) is 5.91 Å². The van der Waals surface area contributed by atoms with Crippen molar-refractivity contribution >= 4 is 17.4 Å². The van der Waals surface area contributed by atoms with Crippen LogP contribution < -0.4 is 29.0 Å². The zero-order valence-corrected chi connectivity index (χ0v) is 22.8. The summed E-state index contributed by atoms with van der Waals surface area (Å²) in [5.74, 6) is -0.270. The minimum atomic E-state index is -0.910. The number of methoxy groups -OCH3 is 3. The third-order valence-corrected chi connectivity index (χ3v) is 6.18. The molecule has 1 amide bonds. The third kappa shape index (κ3) is 5.67. The van der Waals surface area contributed by atoms with Crippen molar-refractivity contribution in [3.8, 4) is 23.0 Å². The highest BCUT2D eigenvalue weighted by Crippen LogP contribution is 2.45. The number of ether oxygens (including phenoxy) is 4. The molecule has 0 spiro atoms. The lowest BCUT2D eigenvalue weighted by Gasteiger charge is -2.28. The van der Waals surface area contributed by atoms with Gasteiger partial charge in [0, 0.05) is 5.57 Å². The van der Waals surface area contributed by atoms with Gasteiger partial charge in [-0.2, -0.15) is 0 Å². The SMILES string of the molecule is COc1cc(C2C(=C([O-])c3ccc(OC(C)C)c(C)c3)C(=O)C(=O)N2CC[NH+](C)C)cc(OC)c1OC. The van der Waals surface area contributed by atoms with Gasteiger partial charge in [0.15, 0.2) is 11.5 Å². The second-order valence-electron chi connectivity index (χ2n) is 9.54. The zero-order chi connectivity index (χ0) is 27.4. The number of amides is 1. The summed E-state index contributed by atoms with van der Waals surface area (Å²) in [6.45, 7) is 6.54. The summed E-state index contributed by atoms with van der Waals surface area (Å²) in [6.07, 6.45) is -0.0274. The molecule has 2 aromatic rings. The molecule has 9 heteroatoms. The van der Waals surface area contributed by atoms with Gasteiger partial charge in [-0.15, -0.1) is 0 Å². The highest BCUT2D eigenvalue weighted by molar-refractivity contribution is 6.46. The number of hydrogen-bond donors (Lipinski definition) is 1. The molecule has 1 unspecified atom stereocenters. The first-order chi connectivity index (χ1) is 17.5. The zero-order valence-electron chi connectivity index (χ0n) is 22.8. The van der Waals surface area contributed by atoms with Crippen LogP contribution in [0.5, 0.6) is 23.0 Å². The Morgan fingerprint density at radius 3 is 2.11 bits per heavy atom. The van der Waals surface area contributed by atoms with Crippen LogP contribution >= 0.6 is 0 Å². The van der Waals surface area contributed by atoms with E-state index in [-0.39, 0.29) is 18.2 Å². The lowest BCUT2D eigenvalue weighted by Crippen LogP contribution is -3.06. The van der Waals surface area contributed by atoms with Gasteiger partial charge in [-0.3, -0.25) is 9.59 Å². The molecule has 1 N–H and O–H groups in total. The van der Waals surface area contributed by atoms with Gasteiger partial charge < -0.3 is 33.9 Å². The number of benzene rings is 2. The Kier molecular flexibility index (Phi) is 8.70. The molecule has 1 saturated heterocycles. The van der Waals surface area contributed by atoms with Gasteiger partial charge in [-0.1, -0.05) is 11.8 Å². The van der Waals surface area contributed by atoms with Crippen LogP contribution in [0.2, 0.25) is 0 Å². The molecule has 0 saturated carbocycles. The van der Waals surface area contributed by atoms with Crippen LogP contribution in [-0.2, 0) is 9.59 Å². The molecule has 0 radical (unpaired) electrons. The maximum atomic E-state index is 13.8. The Hall–Kier alpha value is -3.72. The van der Waals surface area contributed by atoms with E-state index in [1.54, 1.807) is 30.3 Å². The minimum Gasteiger partial charge on any atom is -0.872 e. The molecule has 1 fully saturated rings. The van der Waals surface area contributed by atoms with Crippen molar-refractivity contribution in [1.82, 2.24) is 4.90 Å². The number of likely N-dealkylation sites (N-methyl/N-ethyl adjacent to an activating group) is 1. The van der Waals surface area contributed by atoms with E-state index in [9.17, 15) is 14.7 Å². The summed E-state index contributed by atoms with van der Waals surface area (Å²) in [5.41, 5.74) is 1.48. The monoisotopic (exact) mass is 512 g/mol. The number of ketones is 1. The second-order valence-corrected chi connectivity index (χ2v) is 9.54. The molecule has 0 bridgehead atoms. The Balaban J connectivity index is 2.23. The summed E-state index contributed by atoms with van der Waals surface area (Å²) in [4.78, 5) is 29.1. The third-order valence-electron chi connectivity index (χ3n) is 6.18. The summed E-state index contributed by atoms with van der Waals surface area (Å²) < 4.78 is 22.2. The van der Waals surface area contributed by atoms with Crippen molar-refractivity contribution in [2.45, 2.75) is 32.9 Å². The lowest BCUT2D eigenvalue weighted by molar-refractivity contribution is -0.857.